The number of amides is 1. The Balaban J connectivity index is 1.86. The molecule has 3 rings (SSSR count). The van der Waals surface area contributed by atoms with Crippen LogP contribution in [0.15, 0.2) is 24.5 Å². The van der Waals surface area contributed by atoms with E-state index in [4.69, 9.17) is 0 Å². The number of hydrogen-bond acceptors (Lipinski definition) is 3. The molecule has 1 atom stereocenters. The summed E-state index contributed by atoms with van der Waals surface area (Å²) in [7, 11) is 0. The molecule has 1 aliphatic heterocycles. The van der Waals surface area contributed by atoms with Crippen molar-refractivity contribution in [1.82, 2.24) is 20.2 Å². The van der Waals surface area contributed by atoms with Crippen LogP contribution in [0.4, 0.5) is 0 Å². The lowest BCUT2D eigenvalue weighted by Crippen LogP contribution is -2.51. The van der Waals surface area contributed by atoms with Crippen molar-refractivity contribution >= 4 is 16.9 Å². The molecule has 2 heterocycles. The number of aromatic nitrogens is 2. The van der Waals surface area contributed by atoms with Crippen molar-refractivity contribution in [2.75, 3.05) is 19.6 Å². The maximum atomic E-state index is 12.4. The van der Waals surface area contributed by atoms with Gasteiger partial charge in [-0.05, 0) is 25.1 Å². The molecule has 0 radical (unpaired) electrons. The Morgan fingerprint density at radius 3 is 3.22 bits per heavy atom. The first kappa shape index (κ1) is 11.2. The summed E-state index contributed by atoms with van der Waals surface area (Å²) in [6, 6.07) is 5.96. The molecule has 5 heteroatoms. The van der Waals surface area contributed by atoms with Gasteiger partial charge in [0.25, 0.3) is 5.91 Å². The Morgan fingerprint density at radius 1 is 1.50 bits per heavy atom. The lowest BCUT2D eigenvalue weighted by molar-refractivity contribution is 0.0709. The summed E-state index contributed by atoms with van der Waals surface area (Å²) >= 11 is 0. The molecule has 1 aromatic carbocycles. The average molecular weight is 244 g/mol. The zero-order valence-electron chi connectivity index (χ0n) is 10.3. The number of nitrogens with zero attached hydrogens (tertiary/aromatic N) is 2. The summed E-state index contributed by atoms with van der Waals surface area (Å²) < 4.78 is 0. The summed E-state index contributed by atoms with van der Waals surface area (Å²) in [5.41, 5.74) is 2.52. The molecule has 0 aliphatic carbocycles. The van der Waals surface area contributed by atoms with Gasteiger partial charge in [0.05, 0.1) is 17.4 Å². The molecule has 1 saturated heterocycles. The summed E-state index contributed by atoms with van der Waals surface area (Å²) in [5, 5.41) is 3.33. The first-order chi connectivity index (χ1) is 8.74. The first-order valence-corrected chi connectivity index (χ1v) is 6.20. The SMILES string of the molecule is C[C@H]1CN(C(=O)c2ccc3nc[nH]c3c2)CCN1. The Labute approximate surface area is 105 Å². The highest BCUT2D eigenvalue weighted by Gasteiger charge is 2.21. The molecule has 1 fully saturated rings. The first-order valence-electron chi connectivity index (χ1n) is 6.20. The van der Waals surface area contributed by atoms with Gasteiger partial charge in [0.1, 0.15) is 0 Å². The van der Waals surface area contributed by atoms with Crippen LogP contribution in [0.2, 0.25) is 0 Å². The number of hydrogen-bond donors (Lipinski definition) is 2. The second-order valence-electron chi connectivity index (χ2n) is 4.74. The fourth-order valence-electron chi connectivity index (χ4n) is 2.37. The minimum atomic E-state index is 0.0971. The zero-order valence-corrected chi connectivity index (χ0v) is 10.3. The van der Waals surface area contributed by atoms with Gasteiger partial charge in [0.2, 0.25) is 0 Å². The van der Waals surface area contributed by atoms with Crippen LogP contribution in [0.3, 0.4) is 0 Å². The van der Waals surface area contributed by atoms with Gasteiger partial charge in [-0.1, -0.05) is 0 Å². The molecule has 5 nitrogen and oxygen atoms in total. The van der Waals surface area contributed by atoms with Gasteiger partial charge >= 0.3 is 0 Å². The van der Waals surface area contributed by atoms with Gasteiger partial charge in [0, 0.05) is 31.2 Å². The largest absolute Gasteiger partial charge is 0.345 e. The maximum Gasteiger partial charge on any atom is 0.254 e. The summed E-state index contributed by atoms with van der Waals surface area (Å²) in [4.78, 5) is 21.5. The van der Waals surface area contributed by atoms with Gasteiger partial charge in [-0.25, -0.2) is 4.98 Å². The molecule has 94 valence electrons. The van der Waals surface area contributed by atoms with Crippen LogP contribution in [0, 0.1) is 0 Å². The van der Waals surface area contributed by atoms with Crippen LogP contribution < -0.4 is 5.32 Å². The fraction of sp³-hybridized carbons (Fsp3) is 0.385. The lowest BCUT2D eigenvalue weighted by Gasteiger charge is -2.31. The molecule has 0 saturated carbocycles. The van der Waals surface area contributed by atoms with E-state index in [2.05, 4.69) is 22.2 Å². The summed E-state index contributed by atoms with van der Waals surface area (Å²) in [6.07, 6.45) is 1.64. The monoisotopic (exact) mass is 244 g/mol. The quantitative estimate of drug-likeness (QED) is 0.786. The fourth-order valence-corrected chi connectivity index (χ4v) is 2.37. The van der Waals surface area contributed by atoms with Crippen LogP contribution in [-0.2, 0) is 0 Å². The van der Waals surface area contributed by atoms with Crippen LogP contribution in [-0.4, -0.2) is 46.5 Å². The van der Waals surface area contributed by atoms with Crippen molar-refractivity contribution < 1.29 is 4.79 Å². The number of nitrogens with one attached hydrogen (secondary N) is 2. The number of imidazole rings is 1. The van der Waals surface area contributed by atoms with Crippen molar-refractivity contribution in [3.05, 3.63) is 30.1 Å². The third-order valence-electron chi connectivity index (χ3n) is 3.32. The minimum absolute atomic E-state index is 0.0971. The maximum absolute atomic E-state index is 12.4. The van der Waals surface area contributed by atoms with Gasteiger partial charge in [-0.15, -0.1) is 0 Å². The van der Waals surface area contributed by atoms with E-state index in [1.165, 1.54) is 0 Å². The van der Waals surface area contributed by atoms with E-state index >= 15 is 0 Å². The number of aromatic amines is 1. The summed E-state index contributed by atoms with van der Waals surface area (Å²) in [5.74, 6) is 0.0971. The smallest absolute Gasteiger partial charge is 0.254 e. The van der Waals surface area contributed by atoms with Crippen molar-refractivity contribution in [2.24, 2.45) is 0 Å². The van der Waals surface area contributed by atoms with Crippen molar-refractivity contribution in [3.63, 3.8) is 0 Å². The number of carbonyl (C=O) groups is 1. The van der Waals surface area contributed by atoms with E-state index in [1.54, 1.807) is 6.33 Å². The molecule has 0 spiro atoms. The van der Waals surface area contributed by atoms with Crippen molar-refractivity contribution in [1.29, 1.82) is 0 Å². The second-order valence-corrected chi connectivity index (χ2v) is 4.74. The molecule has 18 heavy (non-hydrogen) atoms. The topological polar surface area (TPSA) is 61.0 Å². The predicted octanol–water partition coefficient (Wildman–Crippen LogP) is 0.997. The highest BCUT2D eigenvalue weighted by molar-refractivity contribution is 5.97. The molecule has 1 aromatic heterocycles. The molecular weight excluding hydrogens is 228 g/mol. The van der Waals surface area contributed by atoms with E-state index in [9.17, 15) is 4.79 Å². The van der Waals surface area contributed by atoms with Gasteiger partial charge < -0.3 is 15.2 Å². The normalized spacial score (nSPS) is 20.3. The van der Waals surface area contributed by atoms with Crippen LogP contribution in [0.25, 0.3) is 11.0 Å². The third kappa shape index (κ3) is 1.97. The predicted molar refractivity (Wildman–Crippen MR) is 69.5 cm³/mol. The van der Waals surface area contributed by atoms with E-state index < -0.39 is 0 Å². The number of benzene rings is 1. The number of piperazine rings is 1. The van der Waals surface area contributed by atoms with Crippen LogP contribution in [0.5, 0.6) is 0 Å². The summed E-state index contributed by atoms with van der Waals surface area (Å²) in [6.45, 7) is 4.49. The average Bonchev–Trinajstić information content (AvgIpc) is 2.85. The van der Waals surface area contributed by atoms with E-state index in [-0.39, 0.29) is 5.91 Å². The molecule has 1 aliphatic rings. The molecular formula is C13H16N4O. The van der Waals surface area contributed by atoms with Crippen LogP contribution in [0.1, 0.15) is 17.3 Å². The van der Waals surface area contributed by atoms with E-state index in [0.717, 1.165) is 36.2 Å². The van der Waals surface area contributed by atoms with Crippen LogP contribution >= 0.6 is 0 Å². The van der Waals surface area contributed by atoms with E-state index in [1.807, 2.05) is 23.1 Å². The Kier molecular flexibility index (Phi) is 2.76. The highest BCUT2D eigenvalue weighted by Crippen LogP contribution is 2.14. The molecule has 0 bridgehead atoms. The highest BCUT2D eigenvalue weighted by atomic mass is 16.2. The number of carbonyl (C=O) groups excluding carboxylic acids is 1. The standard InChI is InChI=1S/C13H16N4O/c1-9-7-17(5-4-14-9)13(18)10-2-3-11-12(6-10)16-8-15-11/h2-3,6,8-9,14H,4-5,7H2,1H3,(H,15,16)/t9-/m0/s1. The van der Waals surface area contributed by atoms with Gasteiger partial charge in [-0.3, -0.25) is 4.79 Å². The molecule has 0 unspecified atom stereocenters. The Morgan fingerprint density at radius 2 is 2.39 bits per heavy atom. The minimum Gasteiger partial charge on any atom is -0.345 e. The number of rotatable bonds is 1. The Hall–Kier alpha value is -1.88. The van der Waals surface area contributed by atoms with Gasteiger partial charge in [0.15, 0.2) is 0 Å². The number of fused-ring (bicyclic) bond motifs is 1. The third-order valence-corrected chi connectivity index (χ3v) is 3.32. The van der Waals surface area contributed by atoms with Crippen molar-refractivity contribution in [3.8, 4) is 0 Å². The second kappa shape index (κ2) is 4.42. The number of H-pyrrole nitrogens is 1. The zero-order chi connectivity index (χ0) is 12.5. The van der Waals surface area contributed by atoms with Gasteiger partial charge in [-0.2, -0.15) is 0 Å². The molecule has 2 N–H and O–H groups in total. The van der Waals surface area contributed by atoms with Crippen molar-refractivity contribution in [2.45, 2.75) is 13.0 Å². The molecule has 1 amide bonds. The Bertz CT molecular complexity index is 577. The van der Waals surface area contributed by atoms with E-state index in [0.29, 0.717) is 6.04 Å². The lowest BCUT2D eigenvalue weighted by atomic mass is 10.1. The molecule has 2 aromatic rings.